The first-order valence-corrected chi connectivity index (χ1v) is 8.25. The average Bonchev–Trinajstić information content (AvgIpc) is 2.78. The Balaban J connectivity index is 2.27. The van der Waals surface area contributed by atoms with Gasteiger partial charge in [0, 0.05) is 6.54 Å². The van der Waals surface area contributed by atoms with Gasteiger partial charge in [0.05, 0.1) is 11.5 Å². The number of alkyl halides is 2. The fourth-order valence-corrected chi connectivity index (χ4v) is 3.01. The molecule has 0 bridgehead atoms. The summed E-state index contributed by atoms with van der Waals surface area (Å²) in [6.07, 6.45) is 2.22. The molecule has 1 aromatic carbocycles. The summed E-state index contributed by atoms with van der Waals surface area (Å²) < 4.78 is 34.5. The van der Waals surface area contributed by atoms with E-state index < -0.39 is 6.61 Å². The van der Waals surface area contributed by atoms with Gasteiger partial charge in [-0.2, -0.15) is 8.78 Å². The van der Waals surface area contributed by atoms with Crippen LogP contribution in [0.5, 0.6) is 11.5 Å². The molecule has 1 fully saturated rings. The van der Waals surface area contributed by atoms with E-state index in [1.54, 1.807) is 6.92 Å². The first kappa shape index (κ1) is 18.3. The maximum absolute atomic E-state index is 12.4. The van der Waals surface area contributed by atoms with Crippen LogP contribution in [0.25, 0.3) is 6.08 Å². The van der Waals surface area contributed by atoms with Crippen LogP contribution in [0, 0.1) is 0 Å². The van der Waals surface area contributed by atoms with E-state index in [0.29, 0.717) is 23.4 Å². The number of hydrogen-bond donors (Lipinski definition) is 0. The summed E-state index contributed by atoms with van der Waals surface area (Å²) in [6, 6.07) is 4.36. The summed E-state index contributed by atoms with van der Waals surface area (Å²) in [5, 5.41) is -0.309. The number of amides is 2. The molecule has 2 rings (SSSR count). The summed E-state index contributed by atoms with van der Waals surface area (Å²) in [7, 11) is 0. The number of halogens is 2. The second kappa shape index (κ2) is 8.14. The SMILES string of the molecule is CCCN1C(=O)S/C(=C\c2ccc(OC(F)F)c(OCC)c2)C1=O. The molecule has 0 aliphatic carbocycles. The molecule has 5 nitrogen and oxygen atoms in total. The number of thioether (sulfide) groups is 1. The van der Waals surface area contributed by atoms with Crippen LogP contribution in [-0.2, 0) is 4.79 Å². The van der Waals surface area contributed by atoms with E-state index in [4.69, 9.17) is 4.74 Å². The van der Waals surface area contributed by atoms with Gasteiger partial charge in [-0.05, 0) is 48.9 Å². The highest BCUT2D eigenvalue weighted by atomic mass is 32.2. The molecule has 1 saturated heterocycles. The fourth-order valence-electron chi connectivity index (χ4n) is 2.14. The molecule has 130 valence electrons. The first-order chi connectivity index (χ1) is 11.5. The smallest absolute Gasteiger partial charge is 0.387 e. The fraction of sp³-hybridized carbons (Fsp3) is 0.375. The number of imide groups is 1. The van der Waals surface area contributed by atoms with Crippen molar-refractivity contribution in [3.8, 4) is 11.5 Å². The monoisotopic (exact) mass is 357 g/mol. The molecule has 1 aliphatic rings. The van der Waals surface area contributed by atoms with Gasteiger partial charge < -0.3 is 9.47 Å². The number of benzene rings is 1. The molecular formula is C16H17F2NO4S. The van der Waals surface area contributed by atoms with Gasteiger partial charge >= 0.3 is 6.61 Å². The van der Waals surface area contributed by atoms with E-state index in [9.17, 15) is 18.4 Å². The summed E-state index contributed by atoms with van der Waals surface area (Å²) in [5.74, 6) is -0.278. The Bertz CT molecular complexity index is 663. The zero-order valence-corrected chi connectivity index (χ0v) is 14.1. The molecule has 2 amide bonds. The van der Waals surface area contributed by atoms with Gasteiger partial charge in [-0.1, -0.05) is 13.0 Å². The molecule has 0 aromatic heterocycles. The molecule has 1 heterocycles. The Labute approximate surface area is 142 Å². The zero-order chi connectivity index (χ0) is 17.7. The number of carbonyl (C=O) groups is 2. The summed E-state index contributed by atoms with van der Waals surface area (Å²) in [4.78, 5) is 25.5. The van der Waals surface area contributed by atoms with Crippen LogP contribution < -0.4 is 9.47 Å². The van der Waals surface area contributed by atoms with E-state index >= 15 is 0 Å². The average molecular weight is 357 g/mol. The predicted octanol–water partition coefficient (Wildman–Crippen LogP) is 4.13. The van der Waals surface area contributed by atoms with Crippen molar-refractivity contribution < 1.29 is 27.8 Å². The van der Waals surface area contributed by atoms with Crippen molar-refractivity contribution in [1.82, 2.24) is 4.90 Å². The highest BCUT2D eigenvalue weighted by Crippen LogP contribution is 2.35. The standard InChI is InChI=1S/C16H17F2NO4S/c1-3-7-19-14(20)13(24-16(19)21)9-10-5-6-11(23-15(17)18)12(8-10)22-4-2/h5-6,8-9,15H,3-4,7H2,1-2H3/b13-9-. The summed E-state index contributed by atoms with van der Waals surface area (Å²) in [6.45, 7) is 1.28. The van der Waals surface area contributed by atoms with Gasteiger partial charge in [0.25, 0.3) is 11.1 Å². The molecule has 0 radical (unpaired) electrons. The topological polar surface area (TPSA) is 55.8 Å². The molecule has 0 saturated carbocycles. The largest absolute Gasteiger partial charge is 0.490 e. The van der Waals surface area contributed by atoms with Crippen LogP contribution in [0.4, 0.5) is 13.6 Å². The third-order valence-electron chi connectivity index (χ3n) is 3.10. The lowest BCUT2D eigenvalue weighted by Gasteiger charge is -2.12. The second-order valence-corrected chi connectivity index (χ2v) is 5.84. The van der Waals surface area contributed by atoms with Crippen LogP contribution in [0.1, 0.15) is 25.8 Å². The third kappa shape index (κ3) is 4.25. The van der Waals surface area contributed by atoms with Crippen molar-refractivity contribution >= 4 is 29.0 Å². The molecular weight excluding hydrogens is 340 g/mol. The van der Waals surface area contributed by atoms with E-state index in [1.807, 2.05) is 6.92 Å². The second-order valence-electron chi connectivity index (χ2n) is 4.85. The Morgan fingerprint density at radius 2 is 2.00 bits per heavy atom. The van der Waals surface area contributed by atoms with E-state index in [1.165, 1.54) is 29.2 Å². The Kier molecular flexibility index (Phi) is 6.19. The molecule has 0 spiro atoms. The van der Waals surface area contributed by atoms with Gasteiger partial charge in [-0.3, -0.25) is 14.5 Å². The molecule has 8 heteroatoms. The van der Waals surface area contributed by atoms with Crippen LogP contribution in [0.2, 0.25) is 0 Å². The maximum atomic E-state index is 12.4. The van der Waals surface area contributed by atoms with Crippen molar-refractivity contribution in [1.29, 1.82) is 0 Å². The highest BCUT2D eigenvalue weighted by Gasteiger charge is 2.34. The third-order valence-corrected chi connectivity index (χ3v) is 4.01. The molecule has 0 atom stereocenters. The Morgan fingerprint density at radius 1 is 1.25 bits per heavy atom. The van der Waals surface area contributed by atoms with Crippen LogP contribution >= 0.6 is 11.8 Å². The summed E-state index contributed by atoms with van der Waals surface area (Å²) in [5.41, 5.74) is 0.557. The predicted molar refractivity (Wildman–Crippen MR) is 87.2 cm³/mol. The number of hydrogen-bond acceptors (Lipinski definition) is 5. The van der Waals surface area contributed by atoms with Gasteiger partial charge in [0.2, 0.25) is 0 Å². The molecule has 24 heavy (non-hydrogen) atoms. The van der Waals surface area contributed by atoms with Crippen molar-refractivity contribution in [2.24, 2.45) is 0 Å². The lowest BCUT2D eigenvalue weighted by molar-refractivity contribution is -0.122. The minimum absolute atomic E-state index is 0.0805. The van der Waals surface area contributed by atoms with Crippen molar-refractivity contribution in [2.45, 2.75) is 26.9 Å². The zero-order valence-electron chi connectivity index (χ0n) is 13.3. The van der Waals surface area contributed by atoms with Crippen molar-refractivity contribution in [2.75, 3.05) is 13.2 Å². The quantitative estimate of drug-likeness (QED) is 0.687. The van der Waals surface area contributed by atoms with Crippen LogP contribution in [-0.4, -0.2) is 35.8 Å². The highest BCUT2D eigenvalue weighted by molar-refractivity contribution is 8.18. The van der Waals surface area contributed by atoms with Gasteiger partial charge in [-0.15, -0.1) is 0 Å². The van der Waals surface area contributed by atoms with Crippen LogP contribution in [0.3, 0.4) is 0 Å². The Hall–Kier alpha value is -2.09. The molecule has 1 aromatic rings. The number of ether oxygens (including phenoxy) is 2. The minimum atomic E-state index is -2.96. The van der Waals surface area contributed by atoms with Gasteiger partial charge in [0.1, 0.15) is 0 Å². The van der Waals surface area contributed by atoms with E-state index in [2.05, 4.69) is 4.74 Å². The van der Waals surface area contributed by atoms with Crippen molar-refractivity contribution in [3.05, 3.63) is 28.7 Å². The normalized spacial score (nSPS) is 16.4. The van der Waals surface area contributed by atoms with Gasteiger partial charge in [-0.25, -0.2) is 0 Å². The number of rotatable bonds is 7. The molecule has 0 unspecified atom stereocenters. The van der Waals surface area contributed by atoms with E-state index in [0.717, 1.165) is 11.8 Å². The number of carbonyl (C=O) groups excluding carboxylic acids is 2. The molecule has 1 aliphatic heterocycles. The maximum Gasteiger partial charge on any atom is 0.387 e. The minimum Gasteiger partial charge on any atom is -0.490 e. The molecule has 0 N–H and O–H groups in total. The summed E-state index contributed by atoms with van der Waals surface area (Å²) >= 11 is 0.857. The lowest BCUT2D eigenvalue weighted by Crippen LogP contribution is -2.28. The number of nitrogens with zero attached hydrogens (tertiary/aromatic N) is 1. The van der Waals surface area contributed by atoms with Crippen molar-refractivity contribution in [3.63, 3.8) is 0 Å². The first-order valence-electron chi connectivity index (χ1n) is 7.43. The van der Waals surface area contributed by atoms with Gasteiger partial charge in [0.15, 0.2) is 11.5 Å². The lowest BCUT2D eigenvalue weighted by atomic mass is 10.2. The van der Waals surface area contributed by atoms with E-state index in [-0.39, 0.29) is 29.3 Å². The Morgan fingerprint density at radius 3 is 2.62 bits per heavy atom. The van der Waals surface area contributed by atoms with Crippen LogP contribution in [0.15, 0.2) is 23.1 Å².